The summed E-state index contributed by atoms with van der Waals surface area (Å²) >= 11 is 0. The first-order chi connectivity index (χ1) is 8.22. The second-order valence-electron chi connectivity index (χ2n) is 4.18. The summed E-state index contributed by atoms with van der Waals surface area (Å²) in [6.45, 7) is 4.77. The fourth-order valence-electron chi connectivity index (χ4n) is 1.96. The fourth-order valence-corrected chi connectivity index (χ4v) is 1.96. The molecule has 2 heterocycles. The minimum atomic E-state index is -0.362. The molecule has 94 valence electrons. The maximum Gasteiger partial charge on any atom is 0.359 e. The van der Waals surface area contributed by atoms with E-state index in [1.807, 2.05) is 13.1 Å². The van der Waals surface area contributed by atoms with Gasteiger partial charge in [0, 0.05) is 18.4 Å². The Balaban J connectivity index is 2.14. The number of carbonyl (C=O) groups is 1. The summed E-state index contributed by atoms with van der Waals surface area (Å²) in [5, 5.41) is 4.27. The van der Waals surface area contributed by atoms with Crippen molar-refractivity contribution < 1.29 is 14.3 Å². The molecule has 1 unspecified atom stereocenters. The Kier molecular flexibility index (Phi) is 3.78. The van der Waals surface area contributed by atoms with E-state index >= 15 is 0 Å². The number of rotatable bonds is 3. The van der Waals surface area contributed by atoms with Gasteiger partial charge < -0.3 is 9.47 Å². The Hall–Kier alpha value is -1.36. The molecule has 1 saturated heterocycles. The number of aromatic nitrogens is 2. The van der Waals surface area contributed by atoms with Gasteiger partial charge in [-0.15, -0.1) is 0 Å². The molecule has 0 saturated carbocycles. The molecule has 1 atom stereocenters. The molecule has 1 aromatic rings. The zero-order valence-electron chi connectivity index (χ0n) is 10.3. The Morgan fingerprint density at radius 3 is 3.12 bits per heavy atom. The van der Waals surface area contributed by atoms with Crippen LogP contribution in [0.2, 0.25) is 0 Å². The third kappa shape index (κ3) is 2.66. The van der Waals surface area contributed by atoms with Crippen LogP contribution in [0.3, 0.4) is 0 Å². The van der Waals surface area contributed by atoms with Crippen molar-refractivity contribution in [3.63, 3.8) is 0 Å². The van der Waals surface area contributed by atoms with E-state index in [1.54, 1.807) is 11.6 Å². The molecular formula is C12H18N2O3. The lowest BCUT2D eigenvalue weighted by atomic mass is 10.2. The van der Waals surface area contributed by atoms with Gasteiger partial charge in [-0.1, -0.05) is 0 Å². The van der Waals surface area contributed by atoms with Crippen molar-refractivity contribution in [3.8, 4) is 0 Å². The highest BCUT2D eigenvalue weighted by Gasteiger charge is 2.21. The van der Waals surface area contributed by atoms with Crippen LogP contribution in [-0.4, -0.2) is 29.0 Å². The quantitative estimate of drug-likeness (QED) is 0.756. The zero-order chi connectivity index (χ0) is 12.3. The Bertz CT molecular complexity index is 394. The van der Waals surface area contributed by atoms with Crippen molar-refractivity contribution in [2.24, 2.45) is 0 Å². The normalized spacial score (nSPS) is 20.2. The molecule has 1 aliphatic heterocycles. The predicted molar refractivity (Wildman–Crippen MR) is 61.8 cm³/mol. The van der Waals surface area contributed by atoms with Crippen LogP contribution in [0.1, 0.15) is 48.5 Å². The topological polar surface area (TPSA) is 53.3 Å². The lowest BCUT2D eigenvalue weighted by molar-refractivity contribution is -0.0397. The molecule has 0 aromatic carbocycles. The molecule has 2 rings (SSSR count). The molecule has 1 aromatic heterocycles. The average Bonchev–Trinajstić information content (AvgIpc) is 2.73. The summed E-state index contributed by atoms with van der Waals surface area (Å²) in [7, 11) is 0. The van der Waals surface area contributed by atoms with Crippen LogP contribution >= 0.6 is 0 Å². The lowest BCUT2D eigenvalue weighted by Gasteiger charge is -2.22. The molecule has 5 heteroatoms. The average molecular weight is 238 g/mol. The molecule has 0 radical (unpaired) electrons. The first-order valence-electron chi connectivity index (χ1n) is 6.07. The van der Waals surface area contributed by atoms with E-state index in [0.29, 0.717) is 12.3 Å². The number of hydrogen-bond acceptors (Lipinski definition) is 4. The first kappa shape index (κ1) is 12.1. The maximum atomic E-state index is 11.6. The largest absolute Gasteiger partial charge is 0.461 e. The second-order valence-corrected chi connectivity index (χ2v) is 4.18. The summed E-state index contributed by atoms with van der Waals surface area (Å²) in [6.07, 6.45) is 5.00. The van der Waals surface area contributed by atoms with Gasteiger partial charge in [0.2, 0.25) is 0 Å². The van der Waals surface area contributed by atoms with E-state index in [4.69, 9.17) is 9.47 Å². The van der Waals surface area contributed by atoms with Crippen LogP contribution in [0.5, 0.6) is 0 Å². The molecule has 0 aliphatic carbocycles. The van der Waals surface area contributed by atoms with Crippen molar-refractivity contribution in [3.05, 3.63) is 17.5 Å². The minimum absolute atomic E-state index is 0.0365. The monoisotopic (exact) mass is 238 g/mol. The number of nitrogens with zero attached hydrogens (tertiary/aromatic N) is 2. The van der Waals surface area contributed by atoms with Crippen molar-refractivity contribution in [1.29, 1.82) is 0 Å². The van der Waals surface area contributed by atoms with Gasteiger partial charge in [-0.3, -0.25) is 0 Å². The summed E-state index contributed by atoms with van der Waals surface area (Å²) in [6, 6.07) is 0. The molecule has 0 spiro atoms. The van der Waals surface area contributed by atoms with Gasteiger partial charge in [0.15, 0.2) is 5.69 Å². The molecule has 17 heavy (non-hydrogen) atoms. The van der Waals surface area contributed by atoms with Gasteiger partial charge in [0.1, 0.15) is 6.23 Å². The van der Waals surface area contributed by atoms with Crippen LogP contribution in [0.25, 0.3) is 0 Å². The summed E-state index contributed by atoms with van der Waals surface area (Å²) in [5.74, 6) is -0.362. The maximum absolute atomic E-state index is 11.6. The van der Waals surface area contributed by atoms with Crippen LogP contribution in [0.15, 0.2) is 6.20 Å². The van der Waals surface area contributed by atoms with Crippen molar-refractivity contribution >= 4 is 5.97 Å². The van der Waals surface area contributed by atoms with E-state index in [9.17, 15) is 4.79 Å². The standard InChI is InChI=1S/C12H18N2O3/c1-3-16-12(15)11-9(2)8-14(13-11)10-6-4-5-7-17-10/h8,10H,3-7H2,1-2H3. The number of carbonyl (C=O) groups excluding carboxylic acids is 1. The molecule has 1 fully saturated rings. The number of hydrogen-bond donors (Lipinski definition) is 0. The highest BCUT2D eigenvalue weighted by Crippen LogP contribution is 2.23. The zero-order valence-corrected chi connectivity index (χ0v) is 10.3. The highest BCUT2D eigenvalue weighted by molar-refractivity contribution is 5.88. The number of aryl methyl sites for hydroxylation is 1. The van der Waals surface area contributed by atoms with E-state index in [0.717, 1.165) is 31.4 Å². The van der Waals surface area contributed by atoms with Gasteiger partial charge in [0.25, 0.3) is 0 Å². The summed E-state index contributed by atoms with van der Waals surface area (Å²) in [4.78, 5) is 11.6. The van der Waals surface area contributed by atoms with E-state index < -0.39 is 0 Å². The third-order valence-corrected chi connectivity index (χ3v) is 2.83. The molecular weight excluding hydrogens is 220 g/mol. The van der Waals surface area contributed by atoms with Crippen LogP contribution in [0.4, 0.5) is 0 Å². The molecule has 0 bridgehead atoms. The highest BCUT2D eigenvalue weighted by atomic mass is 16.5. The Labute approximate surface area is 101 Å². The van der Waals surface area contributed by atoms with Crippen LogP contribution in [-0.2, 0) is 9.47 Å². The second kappa shape index (κ2) is 5.31. The fraction of sp³-hybridized carbons (Fsp3) is 0.667. The van der Waals surface area contributed by atoms with Gasteiger partial charge in [-0.25, -0.2) is 9.48 Å². The number of esters is 1. The Morgan fingerprint density at radius 1 is 1.65 bits per heavy atom. The van der Waals surface area contributed by atoms with Crippen molar-refractivity contribution in [2.45, 2.75) is 39.3 Å². The van der Waals surface area contributed by atoms with Gasteiger partial charge in [0.05, 0.1) is 6.61 Å². The SMILES string of the molecule is CCOC(=O)c1nn(C2CCCCO2)cc1C. The van der Waals surface area contributed by atoms with E-state index in [-0.39, 0.29) is 12.2 Å². The molecule has 5 nitrogen and oxygen atoms in total. The molecule has 0 N–H and O–H groups in total. The van der Waals surface area contributed by atoms with E-state index in [2.05, 4.69) is 5.10 Å². The minimum Gasteiger partial charge on any atom is -0.461 e. The molecule has 0 amide bonds. The van der Waals surface area contributed by atoms with Crippen molar-refractivity contribution in [2.75, 3.05) is 13.2 Å². The summed E-state index contributed by atoms with van der Waals surface area (Å²) < 4.78 is 12.3. The van der Waals surface area contributed by atoms with Crippen LogP contribution in [0, 0.1) is 6.92 Å². The summed E-state index contributed by atoms with van der Waals surface area (Å²) in [5.41, 5.74) is 1.22. The lowest BCUT2D eigenvalue weighted by Crippen LogP contribution is -2.19. The number of ether oxygens (including phenoxy) is 2. The molecule has 1 aliphatic rings. The smallest absolute Gasteiger partial charge is 0.359 e. The third-order valence-electron chi connectivity index (χ3n) is 2.83. The van der Waals surface area contributed by atoms with E-state index in [1.165, 1.54) is 0 Å². The Morgan fingerprint density at radius 2 is 2.47 bits per heavy atom. The van der Waals surface area contributed by atoms with Gasteiger partial charge in [-0.05, 0) is 33.1 Å². The van der Waals surface area contributed by atoms with Gasteiger partial charge in [-0.2, -0.15) is 5.10 Å². The first-order valence-corrected chi connectivity index (χ1v) is 6.07. The van der Waals surface area contributed by atoms with Crippen molar-refractivity contribution in [1.82, 2.24) is 9.78 Å². The van der Waals surface area contributed by atoms with Crippen LogP contribution < -0.4 is 0 Å². The predicted octanol–water partition coefficient (Wildman–Crippen LogP) is 2.07. The van der Waals surface area contributed by atoms with Gasteiger partial charge >= 0.3 is 5.97 Å².